The summed E-state index contributed by atoms with van der Waals surface area (Å²) in [4.78, 5) is 25.0. The molecule has 1 saturated heterocycles. The van der Waals surface area contributed by atoms with Gasteiger partial charge >= 0.3 is 0 Å². The van der Waals surface area contributed by atoms with Gasteiger partial charge in [-0.15, -0.1) is 0 Å². The second-order valence-corrected chi connectivity index (χ2v) is 6.84. The molecule has 2 aromatic carbocycles. The fraction of sp³-hybridized carbons (Fsp3) is 0.300. The van der Waals surface area contributed by atoms with Gasteiger partial charge < -0.3 is 10.6 Å². The Kier molecular flexibility index (Phi) is 4.69. The number of benzene rings is 2. The van der Waals surface area contributed by atoms with Crippen LogP contribution in [0.3, 0.4) is 0 Å². The SMILES string of the molecule is O=C(NC1CC1)c1cccc(NC(=O)C2CNNC2c2ccccc2)c1. The number of carbonyl (C=O) groups is 2. The molecule has 4 N–H and O–H groups in total. The van der Waals surface area contributed by atoms with Gasteiger partial charge in [0.2, 0.25) is 5.91 Å². The van der Waals surface area contributed by atoms with Gasteiger partial charge in [0.15, 0.2) is 0 Å². The van der Waals surface area contributed by atoms with E-state index in [0.717, 1.165) is 18.4 Å². The van der Waals surface area contributed by atoms with Crippen LogP contribution < -0.4 is 21.5 Å². The molecule has 2 aromatic rings. The van der Waals surface area contributed by atoms with Crippen LogP contribution in [0, 0.1) is 5.92 Å². The van der Waals surface area contributed by atoms with Crippen LogP contribution in [0.4, 0.5) is 5.69 Å². The van der Waals surface area contributed by atoms with Gasteiger partial charge in [-0.1, -0.05) is 36.4 Å². The summed E-state index contributed by atoms with van der Waals surface area (Å²) >= 11 is 0. The van der Waals surface area contributed by atoms with Gasteiger partial charge in [-0.05, 0) is 36.6 Å². The van der Waals surface area contributed by atoms with E-state index in [4.69, 9.17) is 0 Å². The molecule has 2 amide bonds. The molecular formula is C20H22N4O2. The molecule has 1 heterocycles. The number of hydrogen-bond acceptors (Lipinski definition) is 4. The maximum absolute atomic E-state index is 12.8. The third-order valence-corrected chi connectivity index (χ3v) is 4.78. The molecule has 0 bridgehead atoms. The molecule has 0 radical (unpaired) electrons. The summed E-state index contributed by atoms with van der Waals surface area (Å²) in [7, 11) is 0. The Balaban J connectivity index is 1.45. The van der Waals surface area contributed by atoms with Crippen LogP contribution in [0.25, 0.3) is 0 Å². The zero-order valence-corrected chi connectivity index (χ0v) is 14.4. The molecule has 1 aliphatic carbocycles. The average Bonchev–Trinajstić information content (AvgIpc) is 3.34. The molecule has 26 heavy (non-hydrogen) atoms. The largest absolute Gasteiger partial charge is 0.349 e. The Morgan fingerprint density at radius 1 is 1.00 bits per heavy atom. The summed E-state index contributed by atoms with van der Waals surface area (Å²) in [6.45, 7) is 0.549. The first-order chi connectivity index (χ1) is 12.7. The number of hydrazine groups is 1. The van der Waals surface area contributed by atoms with Crippen molar-refractivity contribution in [1.82, 2.24) is 16.2 Å². The van der Waals surface area contributed by atoms with Crippen LogP contribution in [0.1, 0.15) is 34.8 Å². The average molecular weight is 350 g/mol. The number of hydrogen-bond donors (Lipinski definition) is 4. The van der Waals surface area contributed by atoms with E-state index < -0.39 is 0 Å². The van der Waals surface area contributed by atoms with E-state index in [-0.39, 0.29) is 23.8 Å². The number of nitrogens with one attached hydrogen (secondary N) is 4. The summed E-state index contributed by atoms with van der Waals surface area (Å²) in [5.74, 6) is -0.396. The molecule has 2 fully saturated rings. The minimum Gasteiger partial charge on any atom is -0.349 e. The molecular weight excluding hydrogens is 328 g/mol. The molecule has 6 nitrogen and oxygen atoms in total. The Morgan fingerprint density at radius 3 is 2.58 bits per heavy atom. The predicted molar refractivity (Wildman–Crippen MR) is 99.4 cm³/mol. The maximum Gasteiger partial charge on any atom is 0.251 e. The van der Waals surface area contributed by atoms with Crippen molar-refractivity contribution in [1.29, 1.82) is 0 Å². The Hall–Kier alpha value is -2.70. The summed E-state index contributed by atoms with van der Waals surface area (Å²) in [5.41, 5.74) is 8.51. The molecule has 1 aliphatic heterocycles. The lowest BCUT2D eigenvalue weighted by molar-refractivity contribution is -0.119. The summed E-state index contributed by atoms with van der Waals surface area (Å²) < 4.78 is 0. The fourth-order valence-corrected chi connectivity index (χ4v) is 3.19. The monoisotopic (exact) mass is 350 g/mol. The minimum atomic E-state index is -0.235. The smallest absolute Gasteiger partial charge is 0.251 e. The van der Waals surface area contributed by atoms with E-state index in [9.17, 15) is 9.59 Å². The summed E-state index contributed by atoms with van der Waals surface area (Å²) in [5, 5.41) is 5.91. The molecule has 0 aromatic heterocycles. The highest BCUT2D eigenvalue weighted by molar-refractivity contribution is 5.98. The van der Waals surface area contributed by atoms with E-state index in [1.165, 1.54) is 0 Å². The van der Waals surface area contributed by atoms with Gasteiger partial charge in [0.25, 0.3) is 5.91 Å². The van der Waals surface area contributed by atoms with Gasteiger partial charge in [0.1, 0.15) is 0 Å². The molecule has 2 aliphatic rings. The Bertz CT molecular complexity index is 804. The van der Waals surface area contributed by atoms with E-state index >= 15 is 0 Å². The van der Waals surface area contributed by atoms with Gasteiger partial charge in [0, 0.05) is 23.8 Å². The third kappa shape index (κ3) is 3.76. The number of anilines is 1. The van der Waals surface area contributed by atoms with Gasteiger partial charge in [0.05, 0.1) is 12.0 Å². The standard InChI is InChI=1S/C20H22N4O2/c25-19(22-15-9-10-15)14-7-4-8-16(11-14)23-20(26)17-12-21-24-18(17)13-5-2-1-3-6-13/h1-8,11,15,17-18,21,24H,9-10,12H2,(H,22,25)(H,23,26). The molecule has 6 heteroatoms. The molecule has 0 spiro atoms. The zero-order valence-electron chi connectivity index (χ0n) is 14.4. The maximum atomic E-state index is 12.8. The lowest BCUT2D eigenvalue weighted by atomic mass is 9.94. The highest BCUT2D eigenvalue weighted by atomic mass is 16.2. The van der Waals surface area contributed by atoms with Crippen molar-refractivity contribution in [2.75, 3.05) is 11.9 Å². The summed E-state index contributed by atoms with van der Waals surface area (Å²) in [6, 6.07) is 17.2. The van der Waals surface area contributed by atoms with Crippen molar-refractivity contribution in [2.45, 2.75) is 24.9 Å². The van der Waals surface area contributed by atoms with Crippen LogP contribution in [0.15, 0.2) is 54.6 Å². The van der Waals surface area contributed by atoms with Crippen molar-refractivity contribution in [2.24, 2.45) is 5.92 Å². The lowest BCUT2D eigenvalue weighted by Crippen LogP contribution is -2.30. The quantitative estimate of drug-likeness (QED) is 0.665. The zero-order chi connectivity index (χ0) is 17.9. The fourth-order valence-electron chi connectivity index (χ4n) is 3.19. The van der Waals surface area contributed by atoms with Crippen molar-refractivity contribution in [3.8, 4) is 0 Å². The lowest BCUT2D eigenvalue weighted by Gasteiger charge is -2.18. The Morgan fingerprint density at radius 2 is 1.81 bits per heavy atom. The van der Waals surface area contributed by atoms with Crippen LogP contribution in [0.5, 0.6) is 0 Å². The first-order valence-corrected chi connectivity index (χ1v) is 8.96. The minimum absolute atomic E-state index is 0.0731. The van der Waals surface area contributed by atoms with Crippen molar-refractivity contribution >= 4 is 17.5 Å². The van der Waals surface area contributed by atoms with Crippen LogP contribution in [-0.4, -0.2) is 24.4 Å². The first kappa shape index (κ1) is 16.8. The molecule has 4 rings (SSSR count). The molecule has 2 atom stereocenters. The van der Waals surface area contributed by atoms with Crippen LogP contribution in [0.2, 0.25) is 0 Å². The number of amides is 2. The van der Waals surface area contributed by atoms with Gasteiger partial charge in [-0.3, -0.25) is 15.0 Å². The molecule has 2 unspecified atom stereocenters. The molecule has 134 valence electrons. The molecule has 1 saturated carbocycles. The van der Waals surface area contributed by atoms with Gasteiger partial charge in [-0.25, -0.2) is 5.43 Å². The number of rotatable bonds is 5. The van der Waals surface area contributed by atoms with Crippen molar-refractivity contribution < 1.29 is 9.59 Å². The second kappa shape index (κ2) is 7.27. The Labute approximate surface area is 152 Å². The van der Waals surface area contributed by atoms with Crippen molar-refractivity contribution in [3.05, 3.63) is 65.7 Å². The first-order valence-electron chi connectivity index (χ1n) is 8.96. The van der Waals surface area contributed by atoms with Gasteiger partial charge in [-0.2, -0.15) is 0 Å². The van der Waals surface area contributed by atoms with E-state index in [2.05, 4.69) is 21.5 Å². The highest BCUT2D eigenvalue weighted by Gasteiger charge is 2.34. The highest BCUT2D eigenvalue weighted by Crippen LogP contribution is 2.26. The predicted octanol–water partition coefficient (Wildman–Crippen LogP) is 1.98. The van der Waals surface area contributed by atoms with Crippen LogP contribution >= 0.6 is 0 Å². The summed E-state index contributed by atoms with van der Waals surface area (Å²) in [6.07, 6.45) is 2.09. The topological polar surface area (TPSA) is 82.3 Å². The third-order valence-electron chi connectivity index (χ3n) is 4.78. The normalized spacial score (nSPS) is 22.0. The van der Waals surface area contributed by atoms with E-state index in [0.29, 0.717) is 23.8 Å². The van der Waals surface area contributed by atoms with Crippen molar-refractivity contribution in [3.63, 3.8) is 0 Å². The number of carbonyl (C=O) groups excluding carboxylic acids is 2. The van der Waals surface area contributed by atoms with E-state index in [1.54, 1.807) is 24.3 Å². The van der Waals surface area contributed by atoms with E-state index in [1.807, 2.05) is 30.3 Å². The second-order valence-electron chi connectivity index (χ2n) is 6.84. The van der Waals surface area contributed by atoms with Crippen LogP contribution in [-0.2, 0) is 4.79 Å².